The standard InChI is InChI=1S/C15H10ClN3O/c1-19-14-11(8-17)9(6-7-13(14)18-15(19)20)10-4-2-3-5-12(10)16/h2-7H,1H3,(H,18,20). The normalized spacial score (nSPS) is 10.7. The molecule has 0 aliphatic carbocycles. The van der Waals surface area contributed by atoms with E-state index in [1.165, 1.54) is 4.57 Å². The van der Waals surface area contributed by atoms with Crippen LogP contribution in [0, 0.1) is 11.3 Å². The van der Waals surface area contributed by atoms with Crippen LogP contribution in [0.1, 0.15) is 5.56 Å². The molecule has 0 atom stereocenters. The zero-order chi connectivity index (χ0) is 14.3. The van der Waals surface area contributed by atoms with Crippen LogP contribution in [-0.2, 0) is 7.05 Å². The Balaban J connectivity index is 2.45. The Kier molecular flexibility index (Phi) is 2.85. The molecule has 0 aliphatic rings. The molecule has 98 valence electrons. The third kappa shape index (κ3) is 1.72. The summed E-state index contributed by atoms with van der Waals surface area (Å²) in [7, 11) is 1.64. The molecule has 0 saturated heterocycles. The van der Waals surface area contributed by atoms with Crippen LogP contribution in [0.25, 0.3) is 22.2 Å². The SMILES string of the molecule is Cn1c(=O)[nH]c2ccc(-c3ccccc3Cl)c(C#N)c21. The van der Waals surface area contributed by atoms with Gasteiger partial charge in [-0.2, -0.15) is 5.26 Å². The lowest BCUT2D eigenvalue weighted by atomic mass is 9.99. The zero-order valence-electron chi connectivity index (χ0n) is 10.6. The minimum absolute atomic E-state index is 0.243. The van der Waals surface area contributed by atoms with Crippen LogP contribution >= 0.6 is 11.6 Å². The molecule has 0 saturated carbocycles. The highest BCUT2D eigenvalue weighted by molar-refractivity contribution is 6.33. The van der Waals surface area contributed by atoms with Crippen LogP contribution in [-0.4, -0.2) is 9.55 Å². The second-order valence-corrected chi connectivity index (χ2v) is 4.87. The summed E-state index contributed by atoms with van der Waals surface area (Å²) in [4.78, 5) is 14.4. The van der Waals surface area contributed by atoms with Crippen LogP contribution in [0.2, 0.25) is 5.02 Å². The van der Waals surface area contributed by atoms with Crippen molar-refractivity contribution < 1.29 is 0 Å². The van der Waals surface area contributed by atoms with Crippen LogP contribution in [0.3, 0.4) is 0 Å². The Morgan fingerprint density at radius 2 is 1.95 bits per heavy atom. The summed E-state index contributed by atoms with van der Waals surface area (Å²) < 4.78 is 1.44. The number of nitrogens with one attached hydrogen (secondary N) is 1. The van der Waals surface area contributed by atoms with Crippen molar-refractivity contribution in [3.63, 3.8) is 0 Å². The molecular weight excluding hydrogens is 274 g/mol. The molecular formula is C15H10ClN3O. The number of aromatic amines is 1. The van der Waals surface area contributed by atoms with E-state index in [2.05, 4.69) is 11.1 Å². The van der Waals surface area contributed by atoms with Crippen molar-refractivity contribution in [2.45, 2.75) is 0 Å². The number of aryl methyl sites for hydroxylation is 1. The lowest BCUT2D eigenvalue weighted by Crippen LogP contribution is -2.12. The Labute approximate surface area is 119 Å². The van der Waals surface area contributed by atoms with Crippen molar-refractivity contribution in [1.82, 2.24) is 9.55 Å². The molecule has 0 bridgehead atoms. The van der Waals surface area contributed by atoms with Gasteiger partial charge in [0, 0.05) is 23.2 Å². The second-order valence-electron chi connectivity index (χ2n) is 4.47. The molecule has 3 aromatic rings. The van der Waals surface area contributed by atoms with Crippen molar-refractivity contribution in [1.29, 1.82) is 5.26 Å². The van der Waals surface area contributed by atoms with Gasteiger partial charge in [0.15, 0.2) is 0 Å². The number of aromatic nitrogens is 2. The number of nitriles is 1. The summed E-state index contributed by atoms with van der Waals surface area (Å²) in [6.45, 7) is 0. The first-order chi connectivity index (χ1) is 9.63. The summed E-state index contributed by atoms with van der Waals surface area (Å²) >= 11 is 6.20. The Morgan fingerprint density at radius 1 is 1.20 bits per heavy atom. The molecule has 20 heavy (non-hydrogen) atoms. The maximum Gasteiger partial charge on any atom is 0.326 e. The van der Waals surface area contributed by atoms with Gasteiger partial charge in [0.1, 0.15) is 6.07 Å². The number of benzene rings is 2. The largest absolute Gasteiger partial charge is 0.326 e. The minimum atomic E-state index is -0.243. The number of H-pyrrole nitrogens is 1. The van der Waals surface area contributed by atoms with E-state index in [1.807, 2.05) is 18.2 Å². The Bertz CT molecular complexity index is 915. The number of nitrogens with zero attached hydrogens (tertiary/aromatic N) is 2. The maximum absolute atomic E-state index is 11.7. The van der Waals surface area contributed by atoms with Gasteiger partial charge in [-0.3, -0.25) is 4.57 Å². The quantitative estimate of drug-likeness (QED) is 0.746. The molecule has 0 fully saturated rings. The molecule has 0 unspecified atom stereocenters. The second kappa shape index (κ2) is 4.55. The average Bonchev–Trinajstić information content (AvgIpc) is 2.74. The molecule has 0 amide bonds. The van der Waals surface area contributed by atoms with Crippen LogP contribution in [0.15, 0.2) is 41.2 Å². The highest BCUT2D eigenvalue weighted by Crippen LogP contribution is 2.33. The van der Waals surface area contributed by atoms with Crippen molar-refractivity contribution in [3.8, 4) is 17.2 Å². The van der Waals surface area contributed by atoms with Crippen molar-refractivity contribution in [2.24, 2.45) is 7.05 Å². The first kappa shape index (κ1) is 12.5. The Hall–Kier alpha value is -2.51. The van der Waals surface area contributed by atoms with Crippen LogP contribution in [0.4, 0.5) is 0 Å². The number of rotatable bonds is 1. The highest BCUT2D eigenvalue weighted by Gasteiger charge is 2.15. The molecule has 2 aromatic carbocycles. The van der Waals surface area contributed by atoms with Gasteiger partial charge in [0.25, 0.3) is 0 Å². The van der Waals surface area contributed by atoms with E-state index in [4.69, 9.17) is 11.6 Å². The van der Waals surface area contributed by atoms with E-state index in [-0.39, 0.29) is 5.69 Å². The van der Waals surface area contributed by atoms with Crippen molar-refractivity contribution >= 4 is 22.6 Å². The fourth-order valence-corrected chi connectivity index (χ4v) is 2.60. The third-order valence-corrected chi connectivity index (χ3v) is 3.66. The van der Waals surface area contributed by atoms with Crippen LogP contribution in [0.5, 0.6) is 0 Å². The first-order valence-corrected chi connectivity index (χ1v) is 6.38. The van der Waals surface area contributed by atoms with E-state index in [9.17, 15) is 10.1 Å². The topological polar surface area (TPSA) is 61.6 Å². The molecule has 4 nitrogen and oxygen atoms in total. The first-order valence-electron chi connectivity index (χ1n) is 6.00. The predicted molar refractivity (Wildman–Crippen MR) is 78.7 cm³/mol. The van der Waals surface area contributed by atoms with E-state index >= 15 is 0 Å². The molecule has 5 heteroatoms. The van der Waals surface area contributed by atoms with Gasteiger partial charge in [-0.1, -0.05) is 35.9 Å². The molecule has 0 spiro atoms. The van der Waals surface area contributed by atoms with Crippen LogP contribution < -0.4 is 5.69 Å². The average molecular weight is 284 g/mol. The van der Waals surface area contributed by atoms with E-state index in [1.54, 1.807) is 25.2 Å². The van der Waals surface area contributed by atoms with Gasteiger partial charge < -0.3 is 4.98 Å². The summed E-state index contributed by atoms with van der Waals surface area (Å²) in [5, 5.41) is 10.1. The van der Waals surface area contributed by atoms with E-state index in [0.29, 0.717) is 21.6 Å². The summed E-state index contributed by atoms with van der Waals surface area (Å²) in [6, 6.07) is 13.1. The summed E-state index contributed by atoms with van der Waals surface area (Å²) in [6.07, 6.45) is 0. The lowest BCUT2D eigenvalue weighted by molar-refractivity contribution is 0.890. The molecule has 1 aromatic heterocycles. The van der Waals surface area contributed by atoms with Gasteiger partial charge >= 0.3 is 5.69 Å². The lowest BCUT2D eigenvalue weighted by Gasteiger charge is -2.08. The fraction of sp³-hybridized carbons (Fsp3) is 0.0667. The molecule has 1 heterocycles. The van der Waals surface area contributed by atoms with Crippen molar-refractivity contribution in [2.75, 3.05) is 0 Å². The molecule has 0 radical (unpaired) electrons. The highest BCUT2D eigenvalue weighted by atomic mass is 35.5. The van der Waals surface area contributed by atoms with E-state index in [0.717, 1.165) is 11.1 Å². The summed E-state index contributed by atoms with van der Waals surface area (Å²) in [5.74, 6) is 0. The number of hydrogen-bond donors (Lipinski definition) is 1. The number of halogens is 1. The van der Waals surface area contributed by atoms with Gasteiger partial charge in [-0.25, -0.2) is 4.79 Å². The van der Waals surface area contributed by atoms with E-state index < -0.39 is 0 Å². The number of imidazole rings is 1. The summed E-state index contributed by atoms with van der Waals surface area (Å²) in [5.41, 5.74) is 2.94. The zero-order valence-corrected chi connectivity index (χ0v) is 11.4. The number of hydrogen-bond acceptors (Lipinski definition) is 2. The van der Waals surface area contributed by atoms with Crippen molar-refractivity contribution in [3.05, 3.63) is 57.5 Å². The maximum atomic E-state index is 11.7. The van der Waals surface area contributed by atoms with Gasteiger partial charge in [0.2, 0.25) is 0 Å². The van der Waals surface area contributed by atoms with Gasteiger partial charge in [0.05, 0.1) is 16.6 Å². The fourth-order valence-electron chi connectivity index (χ4n) is 2.36. The molecule has 1 N–H and O–H groups in total. The monoisotopic (exact) mass is 283 g/mol. The number of fused-ring (bicyclic) bond motifs is 1. The molecule has 3 rings (SSSR count). The Morgan fingerprint density at radius 3 is 2.65 bits per heavy atom. The minimum Gasteiger partial charge on any atom is -0.305 e. The third-order valence-electron chi connectivity index (χ3n) is 3.34. The van der Waals surface area contributed by atoms with Gasteiger partial charge in [-0.05, 0) is 12.1 Å². The predicted octanol–water partition coefficient (Wildman–Crippen LogP) is 3.06. The smallest absolute Gasteiger partial charge is 0.305 e. The van der Waals surface area contributed by atoms with Gasteiger partial charge in [-0.15, -0.1) is 0 Å². The molecule has 0 aliphatic heterocycles.